The maximum atomic E-state index is 5.46. The molecule has 0 fully saturated rings. The molecule has 0 spiro atoms. The Hall–Kier alpha value is -0.900. The fourth-order valence-electron chi connectivity index (χ4n) is 1.08. The van der Waals surface area contributed by atoms with Crippen molar-refractivity contribution in [3.63, 3.8) is 0 Å². The summed E-state index contributed by atoms with van der Waals surface area (Å²) in [7, 11) is 0. The molecule has 0 aliphatic rings. The molecule has 0 amide bonds. The third-order valence-corrected chi connectivity index (χ3v) is 1.75. The van der Waals surface area contributed by atoms with E-state index in [1.807, 2.05) is 0 Å². The van der Waals surface area contributed by atoms with E-state index in [-0.39, 0.29) is 0 Å². The van der Waals surface area contributed by atoms with Gasteiger partial charge in [-0.15, -0.1) is 10.2 Å². The van der Waals surface area contributed by atoms with Gasteiger partial charge in [0.2, 0.25) is 11.8 Å². The Kier molecular flexibility index (Phi) is 4.07. The SMILES string of the molecule is CC(C)Cc1nnc(CNC(C)C)o1. The zero-order valence-electron chi connectivity index (χ0n) is 9.37. The molecule has 1 aromatic heterocycles. The highest BCUT2D eigenvalue weighted by Crippen LogP contribution is 2.06. The lowest BCUT2D eigenvalue weighted by molar-refractivity contribution is 0.405. The van der Waals surface area contributed by atoms with Crippen LogP contribution < -0.4 is 5.32 Å². The van der Waals surface area contributed by atoms with Crippen molar-refractivity contribution in [1.82, 2.24) is 15.5 Å². The first kappa shape index (κ1) is 11.2. The van der Waals surface area contributed by atoms with E-state index in [2.05, 4.69) is 43.2 Å². The van der Waals surface area contributed by atoms with Crippen LogP contribution in [0.3, 0.4) is 0 Å². The minimum Gasteiger partial charge on any atom is -0.424 e. The Morgan fingerprint density at radius 1 is 1.14 bits per heavy atom. The monoisotopic (exact) mass is 197 g/mol. The van der Waals surface area contributed by atoms with Gasteiger partial charge in [-0.2, -0.15) is 0 Å². The van der Waals surface area contributed by atoms with E-state index in [0.29, 0.717) is 24.4 Å². The van der Waals surface area contributed by atoms with Crippen LogP contribution in [0.2, 0.25) is 0 Å². The summed E-state index contributed by atoms with van der Waals surface area (Å²) in [5.74, 6) is 1.97. The van der Waals surface area contributed by atoms with Gasteiger partial charge in [-0.05, 0) is 5.92 Å². The van der Waals surface area contributed by atoms with E-state index in [1.54, 1.807) is 0 Å². The van der Waals surface area contributed by atoms with E-state index < -0.39 is 0 Å². The van der Waals surface area contributed by atoms with Crippen LogP contribution in [0.15, 0.2) is 4.42 Å². The number of hydrogen-bond donors (Lipinski definition) is 1. The lowest BCUT2D eigenvalue weighted by Gasteiger charge is -2.03. The van der Waals surface area contributed by atoms with Gasteiger partial charge >= 0.3 is 0 Å². The summed E-state index contributed by atoms with van der Waals surface area (Å²) in [6, 6.07) is 0.440. The lowest BCUT2D eigenvalue weighted by Crippen LogP contribution is -2.21. The average molecular weight is 197 g/mol. The lowest BCUT2D eigenvalue weighted by atomic mass is 10.1. The summed E-state index contributed by atoms with van der Waals surface area (Å²) in [5, 5.41) is 11.2. The maximum absolute atomic E-state index is 5.46. The van der Waals surface area contributed by atoms with Crippen LogP contribution in [-0.4, -0.2) is 16.2 Å². The number of nitrogens with zero attached hydrogens (tertiary/aromatic N) is 2. The molecule has 0 aliphatic carbocycles. The Balaban J connectivity index is 2.42. The second-order valence-electron chi connectivity index (χ2n) is 4.22. The molecule has 0 radical (unpaired) electrons. The van der Waals surface area contributed by atoms with Gasteiger partial charge in [-0.3, -0.25) is 0 Å². The summed E-state index contributed by atoms with van der Waals surface area (Å²) in [6.45, 7) is 9.10. The zero-order valence-corrected chi connectivity index (χ0v) is 9.37. The molecule has 0 aliphatic heterocycles. The molecular weight excluding hydrogens is 178 g/mol. The van der Waals surface area contributed by atoms with Crippen LogP contribution in [0.1, 0.15) is 39.5 Å². The fraction of sp³-hybridized carbons (Fsp3) is 0.800. The molecule has 1 N–H and O–H groups in total. The predicted molar refractivity (Wildman–Crippen MR) is 54.8 cm³/mol. The number of nitrogens with one attached hydrogen (secondary N) is 1. The van der Waals surface area contributed by atoms with Gasteiger partial charge in [0, 0.05) is 12.5 Å². The molecule has 0 aromatic carbocycles. The molecule has 14 heavy (non-hydrogen) atoms. The molecule has 4 nitrogen and oxygen atoms in total. The molecule has 1 rings (SSSR count). The Labute approximate surface area is 85.1 Å². The molecule has 0 saturated heterocycles. The van der Waals surface area contributed by atoms with E-state index >= 15 is 0 Å². The highest BCUT2D eigenvalue weighted by molar-refractivity contribution is 4.82. The van der Waals surface area contributed by atoms with Gasteiger partial charge in [0.25, 0.3) is 0 Å². The van der Waals surface area contributed by atoms with Crippen LogP contribution in [-0.2, 0) is 13.0 Å². The Morgan fingerprint density at radius 2 is 1.79 bits per heavy atom. The third kappa shape index (κ3) is 3.87. The molecule has 0 unspecified atom stereocenters. The quantitative estimate of drug-likeness (QED) is 0.781. The van der Waals surface area contributed by atoms with E-state index in [4.69, 9.17) is 4.42 Å². The number of rotatable bonds is 5. The third-order valence-electron chi connectivity index (χ3n) is 1.75. The standard InChI is InChI=1S/C10H19N3O/c1-7(2)5-9-12-13-10(14-9)6-11-8(3)4/h7-8,11H,5-6H2,1-4H3. The van der Waals surface area contributed by atoms with Crippen molar-refractivity contribution in [3.8, 4) is 0 Å². The van der Waals surface area contributed by atoms with E-state index in [1.165, 1.54) is 0 Å². The number of hydrogen-bond acceptors (Lipinski definition) is 4. The normalized spacial score (nSPS) is 11.6. The minimum atomic E-state index is 0.440. The van der Waals surface area contributed by atoms with E-state index in [0.717, 1.165) is 12.3 Å². The first-order valence-electron chi connectivity index (χ1n) is 5.12. The van der Waals surface area contributed by atoms with Gasteiger partial charge in [0.1, 0.15) is 0 Å². The van der Waals surface area contributed by atoms with Crippen LogP contribution >= 0.6 is 0 Å². The summed E-state index contributed by atoms with van der Waals surface area (Å²) in [6.07, 6.45) is 0.856. The topological polar surface area (TPSA) is 51.0 Å². The van der Waals surface area contributed by atoms with Crippen molar-refractivity contribution in [3.05, 3.63) is 11.8 Å². The average Bonchev–Trinajstić information content (AvgIpc) is 2.47. The van der Waals surface area contributed by atoms with Crippen LogP contribution in [0.25, 0.3) is 0 Å². The van der Waals surface area contributed by atoms with Crippen molar-refractivity contribution < 1.29 is 4.42 Å². The van der Waals surface area contributed by atoms with Crippen molar-refractivity contribution in [2.45, 2.75) is 46.7 Å². The summed E-state index contributed by atoms with van der Waals surface area (Å²) in [4.78, 5) is 0. The summed E-state index contributed by atoms with van der Waals surface area (Å²) in [5.41, 5.74) is 0. The van der Waals surface area contributed by atoms with Crippen molar-refractivity contribution in [2.75, 3.05) is 0 Å². The molecule has 1 heterocycles. The zero-order chi connectivity index (χ0) is 10.6. The van der Waals surface area contributed by atoms with Crippen LogP contribution in [0.4, 0.5) is 0 Å². The van der Waals surface area contributed by atoms with Gasteiger partial charge in [-0.1, -0.05) is 27.7 Å². The first-order valence-corrected chi connectivity index (χ1v) is 5.12. The van der Waals surface area contributed by atoms with Crippen molar-refractivity contribution in [2.24, 2.45) is 5.92 Å². The van der Waals surface area contributed by atoms with Gasteiger partial charge in [-0.25, -0.2) is 0 Å². The molecule has 0 atom stereocenters. The minimum absolute atomic E-state index is 0.440. The molecule has 1 aromatic rings. The van der Waals surface area contributed by atoms with Crippen molar-refractivity contribution >= 4 is 0 Å². The van der Waals surface area contributed by atoms with E-state index in [9.17, 15) is 0 Å². The fourth-order valence-corrected chi connectivity index (χ4v) is 1.08. The highest BCUT2D eigenvalue weighted by atomic mass is 16.4. The van der Waals surface area contributed by atoms with Gasteiger partial charge in [0.15, 0.2) is 0 Å². The highest BCUT2D eigenvalue weighted by Gasteiger charge is 2.07. The van der Waals surface area contributed by atoms with Crippen LogP contribution in [0.5, 0.6) is 0 Å². The maximum Gasteiger partial charge on any atom is 0.230 e. The van der Waals surface area contributed by atoms with Gasteiger partial charge < -0.3 is 9.73 Å². The molecule has 0 bridgehead atoms. The molecule has 0 saturated carbocycles. The van der Waals surface area contributed by atoms with Crippen LogP contribution in [0, 0.1) is 5.92 Å². The first-order chi connectivity index (χ1) is 6.58. The molecule has 80 valence electrons. The Bertz CT molecular complexity index is 268. The smallest absolute Gasteiger partial charge is 0.230 e. The molecular formula is C10H19N3O. The Morgan fingerprint density at radius 3 is 2.36 bits per heavy atom. The largest absolute Gasteiger partial charge is 0.424 e. The summed E-state index contributed by atoms with van der Waals surface area (Å²) >= 11 is 0. The molecule has 4 heteroatoms. The second-order valence-corrected chi connectivity index (χ2v) is 4.22. The second kappa shape index (κ2) is 5.10. The van der Waals surface area contributed by atoms with Gasteiger partial charge in [0.05, 0.1) is 6.54 Å². The number of aromatic nitrogens is 2. The van der Waals surface area contributed by atoms with Crippen molar-refractivity contribution in [1.29, 1.82) is 0 Å². The summed E-state index contributed by atoms with van der Waals surface area (Å²) < 4.78 is 5.46. The predicted octanol–water partition coefficient (Wildman–Crippen LogP) is 1.77.